The fourth-order valence-corrected chi connectivity index (χ4v) is 2.43. The van der Waals surface area contributed by atoms with Gasteiger partial charge in [0.15, 0.2) is 0 Å². The minimum atomic E-state index is -3.48. The van der Waals surface area contributed by atoms with Gasteiger partial charge >= 0.3 is 5.97 Å². The van der Waals surface area contributed by atoms with Gasteiger partial charge < -0.3 is 10.00 Å². The minimum absolute atomic E-state index is 0. The van der Waals surface area contributed by atoms with Crippen LogP contribution in [0.5, 0.6) is 0 Å². The van der Waals surface area contributed by atoms with E-state index in [2.05, 4.69) is 0 Å². The number of hydrogen-bond donors (Lipinski definition) is 2. The molecule has 1 aromatic rings. The molecule has 0 amide bonds. The van der Waals surface area contributed by atoms with Gasteiger partial charge in [0.1, 0.15) is 0 Å². The van der Waals surface area contributed by atoms with Crippen molar-refractivity contribution in [3.05, 3.63) is 30.3 Å². The molecule has 0 aromatic heterocycles. The van der Waals surface area contributed by atoms with E-state index in [1.165, 1.54) is 12.1 Å². The van der Waals surface area contributed by atoms with Gasteiger partial charge in [0, 0.05) is 47.1 Å². The summed E-state index contributed by atoms with van der Waals surface area (Å²) in [6, 6.07) is 8.10. The van der Waals surface area contributed by atoms with Crippen LogP contribution in [-0.2, 0) is 9.36 Å². The fourth-order valence-electron chi connectivity index (χ4n) is 1.04. The minimum Gasteiger partial charge on any atom is -0.481 e. The molecule has 0 aliphatic heterocycles. The first kappa shape index (κ1) is 15.1. The third-order valence-corrected chi connectivity index (χ3v) is 3.72. The molecule has 0 heterocycles. The van der Waals surface area contributed by atoms with Crippen LogP contribution in [0.1, 0.15) is 6.42 Å². The molecule has 1 aromatic carbocycles. The van der Waals surface area contributed by atoms with Gasteiger partial charge in [-0.2, -0.15) is 0 Å². The van der Waals surface area contributed by atoms with E-state index in [1.807, 2.05) is 0 Å². The molecular weight excluding hydrogens is 342 g/mol. The first-order valence-electron chi connectivity index (χ1n) is 4.11. The normalized spacial score (nSPS) is 13.7. The average molecular weight is 353 g/mol. The summed E-state index contributed by atoms with van der Waals surface area (Å²) < 4.78 is 11.6. The summed E-state index contributed by atoms with van der Waals surface area (Å²) in [5, 5.41) is 8.70. The zero-order valence-corrected chi connectivity index (χ0v) is 12.6. The Bertz CT molecular complexity index is 366. The molecule has 1 unspecified atom stereocenters. The second-order valence-electron chi connectivity index (χ2n) is 2.90. The van der Waals surface area contributed by atoms with Gasteiger partial charge in [-0.05, 0) is 12.1 Å². The number of aliphatic carboxylic acids is 1. The number of carboxylic acid groups (broad SMARTS) is 1. The third kappa shape index (κ3) is 5.09. The largest absolute Gasteiger partial charge is 0.481 e. The predicted octanol–water partition coefficient (Wildman–Crippen LogP) is 1.06. The topological polar surface area (TPSA) is 74.6 Å². The molecule has 15 heavy (non-hydrogen) atoms. The molecule has 4 nitrogen and oxygen atoms in total. The van der Waals surface area contributed by atoms with E-state index in [9.17, 15) is 14.3 Å². The van der Waals surface area contributed by atoms with E-state index >= 15 is 0 Å². The monoisotopic (exact) mass is 353 g/mol. The summed E-state index contributed by atoms with van der Waals surface area (Å²) in [5.74, 6) is -1.06. The van der Waals surface area contributed by atoms with Gasteiger partial charge in [-0.15, -0.1) is 0 Å². The molecule has 0 fully saturated rings. The maximum atomic E-state index is 11.6. The van der Waals surface area contributed by atoms with Crippen molar-refractivity contribution in [3.8, 4) is 0 Å². The third-order valence-electron chi connectivity index (χ3n) is 1.79. The molecule has 6 heteroatoms. The smallest absolute Gasteiger partial charge is 0.303 e. The first-order valence-corrected chi connectivity index (χ1v) is 5.96. The van der Waals surface area contributed by atoms with Crippen molar-refractivity contribution in [1.29, 1.82) is 0 Å². The molecule has 2 N–H and O–H groups in total. The van der Waals surface area contributed by atoms with Gasteiger partial charge in [-0.25, -0.2) is 0 Å². The maximum absolute atomic E-state index is 11.6. The Morgan fingerprint density at radius 1 is 1.27 bits per heavy atom. The van der Waals surface area contributed by atoms with Crippen molar-refractivity contribution in [1.82, 2.24) is 0 Å². The quantitative estimate of drug-likeness (QED) is 0.794. The van der Waals surface area contributed by atoms with Gasteiger partial charge in [0.25, 0.3) is 0 Å². The Kier molecular flexibility index (Phi) is 6.65. The summed E-state index contributed by atoms with van der Waals surface area (Å²) in [6.07, 6.45) is -0.505. The number of carbonyl (C=O) groups is 1. The van der Waals surface area contributed by atoms with E-state index < -0.39 is 13.3 Å². The Balaban J connectivity index is 0.00000196. The average Bonchev–Trinajstić information content (AvgIpc) is 2.16. The molecule has 0 spiro atoms. The van der Waals surface area contributed by atoms with Crippen molar-refractivity contribution in [2.24, 2.45) is 0 Å². The van der Waals surface area contributed by atoms with Crippen LogP contribution in [0.2, 0.25) is 0 Å². The van der Waals surface area contributed by atoms with E-state index in [4.69, 9.17) is 5.11 Å². The molecule has 0 saturated carbocycles. The van der Waals surface area contributed by atoms with Crippen LogP contribution in [0.15, 0.2) is 30.3 Å². The molecule has 0 saturated heterocycles. The number of rotatable bonds is 4. The van der Waals surface area contributed by atoms with Crippen LogP contribution < -0.4 is 5.30 Å². The molecule has 1 radical (unpaired) electrons. The van der Waals surface area contributed by atoms with Crippen molar-refractivity contribution in [3.63, 3.8) is 0 Å². The zero-order valence-electron chi connectivity index (χ0n) is 8.04. The van der Waals surface area contributed by atoms with E-state index in [0.29, 0.717) is 5.30 Å². The SMILES string of the molecule is O=C(O)CCP(=O)(O)c1ccccc1.[La]. The maximum Gasteiger partial charge on any atom is 0.303 e. The van der Waals surface area contributed by atoms with Crippen molar-refractivity contribution < 1.29 is 55.0 Å². The standard InChI is InChI=1S/C9H11O4P.La/c10-9(11)6-7-14(12,13)8-4-2-1-3-5-8;/h1-5H,6-7H2,(H,10,11)(H,12,13);. The first-order chi connectivity index (χ1) is 6.52. The zero-order chi connectivity index (χ0) is 10.6. The molecule has 79 valence electrons. The molecular formula is C9H11LaO4P. The molecule has 0 bridgehead atoms. The Morgan fingerprint density at radius 2 is 1.80 bits per heavy atom. The van der Waals surface area contributed by atoms with Crippen LogP contribution in [0.3, 0.4) is 0 Å². The van der Waals surface area contributed by atoms with Crippen molar-refractivity contribution in [2.45, 2.75) is 6.42 Å². The Hall–Kier alpha value is 0.0748. The van der Waals surface area contributed by atoms with E-state index in [1.54, 1.807) is 18.2 Å². The Morgan fingerprint density at radius 3 is 2.27 bits per heavy atom. The van der Waals surface area contributed by atoms with Crippen LogP contribution in [0, 0.1) is 35.6 Å². The van der Waals surface area contributed by atoms with Crippen molar-refractivity contribution in [2.75, 3.05) is 6.16 Å². The number of benzene rings is 1. The second kappa shape index (κ2) is 6.61. The van der Waals surface area contributed by atoms with Gasteiger partial charge in [0.2, 0.25) is 7.37 Å². The van der Waals surface area contributed by atoms with Crippen LogP contribution in [-0.4, -0.2) is 22.1 Å². The van der Waals surface area contributed by atoms with Crippen LogP contribution in [0.4, 0.5) is 0 Å². The molecule has 1 atom stereocenters. The molecule has 1 rings (SSSR count). The van der Waals surface area contributed by atoms with Gasteiger partial charge in [-0.3, -0.25) is 9.36 Å². The summed E-state index contributed by atoms with van der Waals surface area (Å²) in [6.45, 7) is 0. The van der Waals surface area contributed by atoms with Crippen molar-refractivity contribution >= 4 is 18.6 Å². The van der Waals surface area contributed by atoms with E-state index in [0.717, 1.165) is 0 Å². The predicted molar refractivity (Wildman–Crippen MR) is 53.0 cm³/mol. The summed E-state index contributed by atoms with van der Waals surface area (Å²) in [4.78, 5) is 19.8. The summed E-state index contributed by atoms with van der Waals surface area (Å²) >= 11 is 0. The fraction of sp³-hybridized carbons (Fsp3) is 0.222. The van der Waals surface area contributed by atoms with Crippen LogP contribution in [0.25, 0.3) is 0 Å². The number of hydrogen-bond acceptors (Lipinski definition) is 2. The van der Waals surface area contributed by atoms with E-state index in [-0.39, 0.29) is 48.2 Å². The second-order valence-corrected chi connectivity index (χ2v) is 5.27. The number of carboxylic acids is 1. The molecule has 0 aliphatic carbocycles. The summed E-state index contributed by atoms with van der Waals surface area (Å²) in [7, 11) is -3.48. The molecule has 0 aliphatic rings. The van der Waals surface area contributed by atoms with Gasteiger partial charge in [-0.1, -0.05) is 18.2 Å². The van der Waals surface area contributed by atoms with Gasteiger partial charge in [0.05, 0.1) is 6.42 Å². The summed E-state index contributed by atoms with van der Waals surface area (Å²) in [5.41, 5.74) is 0. The van der Waals surface area contributed by atoms with Crippen LogP contribution >= 0.6 is 7.37 Å². The Labute approximate surface area is 116 Å².